The molecule has 5 heteroatoms. The van der Waals surface area contributed by atoms with Crippen molar-refractivity contribution in [3.05, 3.63) is 35.9 Å². The number of methoxy groups -OCH3 is 1. The first-order chi connectivity index (χ1) is 8.63. The number of hydrogen-bond acceptors (Lipinski definition) is 4. The van der Waals surface area contributed by atoms with Crippen molar-refractivity contribution in [3.8, 4) is 11.5 Å². The second-order valence-corrected chi connectivity index (χ2v) is 4.30. The Hall–Kier alpha value is -1.23. The molecule has 0 saturated carbocycles. The van der Waals surface area contributed by atoms with Gasteiger partial charge in [0, 0.05) is 18.1 Å². The first-order valence-corrected chi connectivity index (χ1v) is 5.99. The molecule has 0 aliphatic rings. The van der Waals surface area contributed by atoms with Crippen LogP contribution in [0.1, 0.15) is 0 Å². The van der Waals surface area contributed by atoms with Gasteiger partial charge in [-0.3, -0.25) is 0 Å². The topological polar surface area (TPSA) is 50.7 Å². The molecule has 0 aliphatic heterocycles. The molecule has 100 valence electrons. The predicted molar refractivity (Wildman–Crippen MR) is 72.4 cm³/mol. The number of ether oxygens (including phenoxy) is 2. The van der Waals surface area contributed by atoms with Crippen LogP contribution in [0.2, 0.25) is 0 Å². The summed E-state index contributed by atoms with van der Waals surface area (Å²) in [5, 5.41) is 13.1. The normalized spacial score (nSPS) is 11.9. The van der Waals surface area contributed by atoms with Gasteiger partial charge in [-0.2, -0.15) is 0 Å². The minimum absolute atomic E-state index is 0.183. The van der Waals surface area contributed by atoms with Crippen LogP contribution in [0, 0.1) is 0 Å². The highest BCUT2D eigenvalue weighted by Gasteiger charge is 2.07. The molecule has 1 atom stereocenters. The van der Waals surface area contributed by atoms with E-state index in [2.05, 4.69) is 11.9 Å². The highest BCUT2D eigenvalue weighted by Crippen LogP contribution is 2.25. The highest BCUT2D eigenvalue weighted by molar-refractivity contribution is 6.29. The zero-order chi connectivity index (χ0) is 13.4. The van der Waals surface area contributed by atoms with Crippen LogP contribution in [0.3, 0.4) is 0 Å². The molecule has 4 nitrogen and oxygen atoms in total. The van der Waals surface area contributed by atoms with Crippen molar-refractivity contribution >= 4 is 11.6 Å². The molecule has 2 N–H and O–H groups in total. The molecule has 0 radical (unpaired) electrons. The highest BCUT2D eigenvalue weighted by atomic mass is 35.5. The van der Waals surface area contributed by atoms with Gasteiger partial charge < -0.3 is 19.9 Å². The zero-order valence-corrected chi connectivity index (χ0v) is 11.1. The van der Waals surface area contributed by atoms with Gasteiger partial charge in [0.05, 0.1) is 7.11 Å². The Balaban J connectivity index is 2.33. The fraction of sp³-hybridized carbons (Fsp3) is 0.385. The summed E-state index contributed by atoms with van der Waals surface area (Å²) < 4.78 is 10.6. The van der Waals surface area contributed by atoms with Gasteiger partial charge in [-0.25, -0.2) is 0 Å². The van der Waals surface area contributed by atoms with Gasteiger partial charge in [0.15, 0.2) is 11.5 Å². The van der Waals surface area contributed by atoms with Crippen molar-refractivity contribution in [1.29, 1.82) is 0 Å². The maximum atomic E-state index is 9.69. The van der Waals surface area contributed by atoms with E-state index in [-0.39, 0.29) is 6.61 Å². The Kier molecular flexibility index (Phi) is 6.57. The van der Waals surface area contributed by atoms with Gasteiger partial charge in [0.2, 0.25) is 0 Å². The third-order valence-electron chi connectivity index (χ3n) is 2.20. The van der Waals surface area contributed by atoms with Crippen LogP contribution in [0.5, 0.6) is 11.5 Å². The first-order valence-electron chi connectivity index (χ1n) is 5.61. The van der Waals surface area contributed by atoms with Gasteiger partial charge in [-0.15, -0.1) is 0 Å². The number of hydrogen-bond donors (Lipinski definition) is 2. The second kappa shape index (κ2) is 7.97. The van der Waals surface area contributed by atoms with Crippen LogP contribution in [-0.4, -0.2) is 38.0 Å². The third kappa shape index (κ3) is 5.40. The lowest BCUT2D eigenvalue weighted by Crippen LogP contribution is -2.32. The number of para-hydroxylation sites is 2. The van der Waals surface area contributed by atoms with Crippen molar-refractivity contribution in [3.63, 3.8) is 0 Å². The van der Waals surface area contributed by atoms with Crippen molar-refractivity contribution in [2.75, 3.05) is 26.8 Å². The van der Waals surface area contributed by atoms with E-state index < -0.39 is 6.10 Å². The van der Waals surface area contributed by atoms with Gasteiger partial charge in [-0.05, 0) is 12.1 Å². The van der Waals surface area contributed by atoms with Crippen molar-refractivity contribution < 1.29 is 14.6 Å². The maximum absolute atomic E-state index is 9.69. The van der Waals surface area contributed by atoms with E-state index in [1.54, 1.807) is 19.2 Å². The molecule has 1 aromatic carbocycles. The number of rotatable bonds is 8. The molecule has 0 aliphatic carbocycles. The summed E-state index contributed by atoms with van der Waals surface area (Å²) >= 11 is 5.59. The molecule has 0 fully saturated rings. The fourth-order valence-electron chi connectivity index (χ4n) is 1.36. The molecular formula is C13H18ClNO3. The lowest BCUT2D eigenvalue weighted by atomic mass is 10.3. The minimum atomic E-state index is -0.620. The van der Waals surface area contributed by atoms with Gasteiger partial charge in [0.1, 0.15) is 12.7 Å². The Morgan fingerprint density at radius 3 is 2.72 bits per heavy atom. The van der Waals surface area contributed by atoms with Gasteiger partial charge in [-0.1, -0.05) is 30.3 Å². The summed E-state index contributed by atoms with van der Waals surface area (Å²) in [4.78, 5) is 0. The summed E-state index contributed by atoms with van der Waals surface area (Å²) in [5.41, 5.74) is 0. The molecule has 0 saturated heterocycles. The summed E-state index contributed by atoms with van der Waals surface area (Å²) in [7, 11) is 1.58. The van der Waals surface area contributed by atoms with E-state index in [1.807, 2.05) is 12.1 Å². The van der Waals surface area contributed by atoms with Crippen molar-refractivity contribution in [2.24, 2.45) is 0 Å². The molecular weight excluding hydrogens is 254 g/mol. The Labute approximate surface area is 112 Å². The number of halogens is 1. The van der Waals surface area contributed by atoms with Crippen LogP contribution < -0.4 is 14.8 Å². The summed E-state index contributed by atoms with van der Waals surface area (Å²) in [6, 6.07) is 7.30. The quantitative estimate of drug-likeness (QED) is 0.757. The lowest BCUT2D eigenvalue weighted by molar-refractivity contribution is 0.105. The van der Waals surface area contributed by atoms with E-state index in [0.29, 0.717) is 29.6 Å². The smallest absolute Gasteiger partial charge is 0.161 e. The van der Waals surface area contributed by atoms with E-state index in [4.69, 9.17) is 21.1 Å². The number of nitrogens with one attached hydrogen (secondary N) is 1. The SMILES string of the molecule is C=C(Cl)CNCC(O)COc1ccccc1OC. The van der Waals surface area contributed by atoms with Crippen LogP contribution >= 0.6 is 11.6 Å². The van der Waals surface area contributed by atoms with E-state index in [0.717, 1.165) is 0 Å². The Morgan fingerprint density at radius 1 is 1.44 bits per heavy atom. The van der Waals surface area contributed by atoms with Crippen LogP contribution in [0.15, 0.2) is 35.9 Å². The Morgan fingerprint density at radius 2 is 2.11 bits per heavy atom. The summed E-state index contributed by atoms with van der Waals surface area (Å²) in [6.07, 6.45) is -0.620. The van der Waals surface area contributed by atoms with Crippen LogP contribution in [0.4, 0.5) is 0 Å². The maximum Gasteiger partial charge on any atom is 0.161 e. The first kappa shape index (κ1) is 14.8. The molecule has 0 bridgehead atoms. The monoisotopic (exact) mass is 271 g/mol. The molecule has 0 amide bonds. The van der Waals surface area contributed by atoms with Crippen molar-refractivity contribution in [1.82, 2.24) is 5.32 Å². The van der Waals surface area contributed by atoms with E-state index in [1.165, 1.54) is 0 Å². The zero-order valence-electron chi connectivity index (χ0n) is 10.4. The lowest BCUT2D eigenvalue weighted by Gasteiger charge is -2.14. The molecule has 0 spiro atoms. The molecule has 0 heterocycles. The number of benzene rings is 1. The van der Waals surface area contributed by atoms with Crippen LogP contribution in [-0.2, 0) is 0 Å². The molecule has 1 unspecified atom stereocenters. The average molecular weight is 272 g/mol. The molecule has 0 aromatic heterocycles. The Bertz CT molecular complexity index is 384. The number of aliphatic hydroxyl groups excluding tert-OH is 1. The molecule has 1 aromatic rings. The number of aliphatic hydroxyl groups is 1. The average Bonchev–Trinajstić information content (AvgIpc) is 2.36. The standard InChI is InChI=1S/C13H18ClNO3/c1-10(14)7-15-8-11(16)9-18-13-6-4-3-5-12(13)17-2/h3-6,11,15-16H,1,7-9H2,2H3. The molecule has 1 rings (SSSR count). The summed E-state index contributed by atoms with van der Waals surface area (Å²) in [6.45, 7) is 4.58. The summed E-state index contributed by atoms with van der Waals surface area (Å²) in [5.74, 6) is 1.26. The second-order valence-electron chi connectivity index (χ2n) is 3.76. The van der Waals surface area contributed by atoms with E-state index in [9.17, 15) is 5.11 Å². The predicted octanol–water partition coefficient (Wildman–Crippen LogP) is 1.78. The molecule has 18 heavy (non-hydrogen) atoms. The van der Waals surface area contributed by atoms with Crippen molar-refractivity contribution in [2.45, 2.75) is 6.10 Å². The van der Waals surface area contributed by atoms with Crippen LogP contribution in [0.25, 0.3) is 0 Å². The largest absolute Gasteiger partial charge is 0.493 e. The van der Waals surface area contributed by atoms with Gasteiger partial charge in [0.25, 0.3) is 0 Å². The van der Waals surface area contributed by atoms with Gasteiger partial charge >= 0.3 is 0 Å². The minimum Gasteiger partial charge on any atom is -0.493 e. The third-order valence-corrected chi connectivity index (χ3v) is 2.33. The fourth-order valence-corrected chi connectivity index (χ4v) is 1.45. The van der Waals surface area contributed by atoms with E-state index >= 15 is 0 Å².